The summed E-state index contributed by atoms with van der Waals surface area (Å²) in [5.74, 6) is 1.51. The Morgan fingerprint density at radius 1 is 1.33 bits per heavy atom. The minimum atomic E-state index is 0.109. The normalized spacial score (nSPS) is 17.1. The van der Waals surface area contributed by atoms with Crippen LogP contribution in [0.25, 0.3) is 0 Å². The van der Waals surface area contributed by atoms with Gasteiger partial charge in [0, 0.05) is 0 Å². The highest BCUT2D eigenvalue weighted by Gasteiger charge is 2.16. The molecular formula is C13H17ClO. The Morgan fingerprint density at radius 2 is 2.13 bits per heavy atom. The van der Waals surface area contributed by atoms with E-state index in [-0.39, 0.29) is 5.38 Å². The number of benzene rings is 1. The van der Waals surface area contributed by atoms with Gasteiger partial charge >= 0.3 is 0 Å². The van der Waals surface area contributed by atoms with Crippen molar-refractivity contribution < 1.29 is 4.74 Å². The van der Waals surface area contributed by atoms with Gasteiger partial charge in [-0.25, -0.2) is 0 Å². The first-order chi connectivity index (χ1) is 7.18. The summed E-state index contributed by atoms with van der Waals surface area (Å²) in [6.07, 6.45) is 2.23. The molecule has 1 unspecified atom stereocenters. The smallest absolute Gasteiger partial charge is 0.122 e. The number of fused-ring (bicyclic) bond motifs is 1. The molecule has 0 N–H and O–H groups in total. The second kappa shape index (κ2) is 4.44. The van der Waals surface area contributed by atoms with E-state index in [1.165, 1.54) is 11.1 Å². The summed E-state index contributed by atoms with van der Waals surface area (Å²) in [5, 5.41) is 0.109. The lowest BCUT2D eigenvalue weighted by molar-refractivity contribution is 0.288. The van der Waals surface area contributed by atoms with Crippen LogP contribution in [0.3, 0.4) is 0 Å². The number of hydrogen-bond acceptors (Lipinski definition) is 1. The van der Waals surface area contributed by atoms with Gasteiger partial charge in [0.1, 0.15) is 5.75 Å². The van der Waals surface area contributed by atoms with E-state index in [0.29, 0.717) is 5.92 Å². The van der Waals surface area contributed by atoms with Crippen molar-refractivity contribution in [3.63, 3.8) is 0 Å². The Morgan fingerprint density at radius 3 is 2.87 bits per heavy atom. The summed E-state index contributed by atoms with van der Waals surface area (Å²) in [4.78, 5) is 0. The minimum Gasteiger partial charge on any atom is -0.493 e. The Bertz CT molecular complexity index is 346. The van der Waals surface area contributed by atoms with Crippen LogP contribution < -0.4 is 4.74 Å². The van der Waals surface area contributed by atoms with Crippen molar-refractivity contribution in [1.29, 1.82) is 0 Å². The van der Waals surface area contributed by atoms with Crippen LogP contribution in [0.4, 0.5) is 0 Å². The summed E-state index contributed by atoms with van der Waals surface area (Å²) in [5.41, 5.74) is 2.53. The van der Waals surface area contributed by atoms with Crippen LogP contribution in [0.5, 0.6) is 5.75 Å². The van der Waals surface area contributed by atoms with Crippen LogP contribution in [0.15, 0.2) is 18.2 Å². The fourth-order valence-corrected chi connectivity index (χ4v) is 2.07. The predicted molar refractivity (Wildman–Crippen MR) is 63.7 cm³/mol. The zero-order valence-electron chi connectivity index (χ0n) is 9.29. The molecule has 0 aromatic heterocycles. The first-order valence-electron chi connectivity index (χ1n) is 5.58. The highest BCUT2D eigenvalue weighted by molar-refractivity contribution is 6.21. The van der Waals surface area contributed by atoms with Crippen LogP contribution in [-0.2, 0) is 6.42 Å². The van der Waals surface area contributed by atoms with Gasteiger partial charge in [0.25, 0.3) is 0 Å². The zero-order valence-corrected chi connectivity index (χ0v) is 10.1. The molecule has 1 atom stereocenters. The predicted octanol–water partition coefficient (Wildman–Crippen LogP) is 3.95. The van der Waals surface area contributed by atoms with Crippen molar-refractivity contribution in [3.8, 4) is 5.75 Å². The van der Waals surface area contributed by atoms with Gasteiger partial charge in [-0.15, -0.1) is 11.6 Å². The molecule has 0 saturated heterocycles. The van der Waals surface area contributed by atoms with E-state index in [2.05, 4.69) is 32.0 Å². The molecule has 0 aliphatic carbocycles. The summed E-state index contributed by atoms with van der Waals surface area (Å²) in [6, 6.07) is 6.34. The van der Waals surface area contributed by atoms with Crippen molar-refractivity contribution in [1.82, 2.24) is 0 Å². The molecule has 0 spiro atoms. The molecule has 1 nitrogen and oxygen atoms in total. The molecule has 2 heteroatoms. The second-order valence-electron chi connectivity index (χ2n) is 4.46. The number of ether oxygens (including phenoxy) is 1. The summed E-state index contributed by atoms with van der Waals surface area (Å²) < 4.78 is 5.58. The van der Waals surface area contributed by atoms with Gasteiger partial charge in [-0.05, 0) is 36.0 Å². The number of aryl methyl sites for hydroxylation is 1. The van der Waals surface area contributed by atoms with Crippen molar-refractivity contribution in [2.45, 2.75) is 32.1 Å². The Kier molecular flexibility index (Phi) is 3.20. The van der Waals surface area contributed by atoms with Crippen LogP contribution in [0, 0.1) is 5.92 Å². The standard InChI is InChI=1S/C13H17ClO/c1-9(2)13(14)11-5-6-12-10(8-11)4-3-7-15-12/h5-6,8-9,13H,3-4,7H2,1-2H3. The molecule has 0 radical (unpaired) electrons. The van der Waals surface area contributed by atoms with E-state index >= 15 is 0 Å². The number of alkyl halides is 1. The van der Waals surface area contributed by atoms with Gasteiger partial charge in [-0.1, -0.05) is 26.0 Å². The third-order valence-corrected chi connectivity index (χ3v) is 3.59. The lowest BCUT2D eigenvalue weighted by Crippen LogP contribution is -2.09. The van der Waals surface area contributed by atoms with Gasteiger partial charge in [0.2, 0.25) is 0 Å². The van der Waals surface area contributed by atoms with E-state index in [1.807, 2.05) is 0 Å². The first kappa shape index (κ1) is 10.8. The molecule has 1 aromatic carbocycles. The fourth-order valence-electron chi connectivity index (χ4n) is 1.94. The molecule has 0 fully saturated rings. The monoisotopic (exact) mass is 224 g/mol. The SMILES string of the molecule is CC(C)C(Cl)c1ccc2c(c1)CCCO2. The molecule has 0 amide bonds. The van der Waals surface area contributed by atoms with Crippen molar-refractivity contribution in [3.05, 3.63) is 29.3 Å². The molecule has 2 rings (SSSR count). The van der Waals surface area contributed by atoms with Gasteiger partial charge in [-0.2, -0.15) is 0 Å². The molecule has 0 bridgehead atoms. The Hall–Kier alpha value is -0.690. The topological polar surface area (TPSA) is 9.23 Å². The highest BCUT2D eigenvalue weighted by atomic mass is 35.5. The third-order valence-electron chi connectivity index (χ3n) is 2.84. The maximum Gasteiger partial charge on any atom is 0.122 e. The van der Waals surface area contributed by atoms with E-state index in [9.17, 15) is 0 Å². The lowest BCUT2D eigenvalue weighted by Gasteiger charge is -2.20. The number of rotatable bonds is 2. The van der Waals surface area contributed by atoms with Gasteiger partial charge in [0.05, 0.1) is 12.0 Å². The van der Waals surface area contributed by atoms with Crippen LogP contribution in [0.1, 0.15) is 36.8 Å². The van der Waals surface area contributed by atoms with Crippen molar-refractivity contribution in [2.24, 2.45) is 5.92 Å². The average Bonchev–Trinajstić information content (AvgIpc) is 2.27. The number of halogens is 1. The van der Waals surface area contributed by atoms with Gasteiger partial charge in [0.15, 0.2) is 0 Å². The Balaban J connectivity index is 2.27. The van der Waals surface area contributed by atoms with Crippen LogP contribution in [-0.4, -0.2) is 6.61 Å². The van der Waals surface area contributed by atoms with Crippen molar-refractivity contribution >= 4 is 11.6 Å². The molecule has 1 aliphatic heterocycles. The summed E-state index contributed by atoms with van der Waals surface area (Å²) in [7, 11) is 0. The Labute approximate surface area is 96.4 Å². The van der Waals surface area contributed by atoms with Gasteiger partial charge < -0.3 is 4.74 Å². The maximum atomic E-state index is 6.34. The third kappa shape index (κ3) is 2.28. The van der Waals surface area contributed by atoms with Gasteiger partial charge in [-0.3, -0.25) is 0 Å². The van der Waals surface area contributed by atoms with E-state index < -0.39 is 0 Å². The average molecular weight is 225 g/mol. The fraction of sp³-hybridized carbons (Fsp3) is 0.538. The summed E-state index contributed by atoms with van der Waals surface area (Å²) in [6.45, 7) is 5.14. The highest BCUT2D eigenvalue weighted by Crippen LogP contribution is 2.33. The molecule has 0 saturated carbocycles. The summed E-state index contributed by atoms with van der Waals surface area (Å²) >= 11 is 6.34. The molecule has 1 heterocycles. The minimum absolute atomic E-state index is 0.109. The van der Waals surface area contributed by atoms with E-state index in [4.69, 9.17) is 16.3 Å². The first-order valence-corrected chi connectivity index (χ1v) is 6.02. The molecular weight excluding hydrogens is 208 g/mol. The second-order valence-corrected chi connectivity index (χ2v) is 4.94. The van der Waals surface area contributed by atoms with Crippen LogP contribution >= 0.6 is 11.6 Å². The molecule has 15 heavy (non-hydrogen) atoms. The number of hydrogen-bond donors (Lipinski definition) is 0. The van der Waals surface area contributed by atoms with Crippen LogP contribution in [0.2, 0.25) is 0 Å². The largest absolute Gasteiger partial charge is 0.493 e. The molecule has 1 aliphatic rings. The zero-order chi connectivity index (χ0) is 10.8. The van der Waals surface area contributed by atoms with E-state index in [1.54, 1.807) is 0 Å². The van der Waals surface area contributed by atoms with E-state index in [0.717, 1.165) is 25.2 Å². The van der Waals surface area contributed by atoms with Crippen molar-refractivity contribution in [2.75, 3.05) is 6.61 Å². The molecule has 82 valence electrons. The lowest BCUT2D eigenvalue weighted by atomic mass is 9.97. The quantitative estimate of drug-likeness (QED) is 0.692. The maximum absolute atomic E-state index is 6.34. The molecule has 1 aromatic rings.